The molecule has 1 aromatic heterocycles. The second-order valence-electron chi connectivity index (χ2n) is 7.26. The van der Waals surface area contributed by atoms with E-state index in [0.717, 1.165) is 29.5 Å². The smallest absolute Gasteiger partial charge is 0.192 e. The minimum atomic E-state index is -0.213. The fourth-order valence-corrected chi connectivity index (χ4v) is 4.35. The highest BCUT2D eigenvalue weighted by Gasteiger charge is 2.26. The van der Waals surface area contributed by atoms with Crippen molar-refractivity contribution >= 4 is 11.8 Å². The van der Waals surface area contributed by atoms with E-state index in [1.54, 1.807) is 11.8 Å². The lowest BCUT2D eigenvalue weighted by atomic mass is 10.2. The van der Waals surface area contributed by atoms with E-state index in [0.29, 0.717) is 0 Å². The van der Waals surface area contributed by atoms with Crippen LogP contribution in [0.15, 0.2) is 59.8 Å². The third-order valence-corrected chi connectivity index (χ3v) is 6.11. The molecule has 0 unspecified atom stereocenters. The van der Waals surface area contributed by atoms with Crippen LogP contribution in [-0.2, 0) is 6.54 Å². The fraction of sp³-hybridized carbons (Fsp3) is 0.364. The van der Waals surface area contributed by atoms with Crippen molar-refractivity contribution in [2.75, 3.05) is 14.1 Å². The van der Waals surface area contributed by atoms with Gasteiger partial charge in [-0.2, -0.15) is 0 Å². The van der Waals surface area contributed by atoms with Gasteiger partial charge in [0.15, 0.2) is 11.0 Å². The van der Waals surface area contributed by atoms with Crippen LogP contribution in [-0.4, -0.2) is 28.9 Å². The Kier molecular flexibility index (Phi) is 6.86. The summed E-state index contributed by atoms with van der Waals surface area (Å²) in [5.74, 6) is 0.801. The highest BCUT2D eigenvalue weighted by molar-refractivity contribution is 7.99. The molecule has 0 fully saturated rings. The lowest BCUT2D eigenvalue weighted by molar-refractivity contribution is -0.893. The quantitative estimate of drug-likeness (QED) is 0.583. The van der Waals surface area contributed by atoms with Crippen LogP contribution in [0.5, 0.6) is 0 Å². The first-order valence-corrected chi connectivity index (χ1v) is 10.6. The van der Waals surface area contributed by atoms with E-state index in [1.165, 1.54) is 22.6 Å². The standard InChI is InChI=1S/C22H27FN4S/c1-5-20(26(3)4)21-24-25-22(27(21)15-17-9-7-6-8-10-17)28-16(2)18-11-13-19(23)14-12-18/h6-14,16,20H,5,15H2,1-4H3/p+1/t16-,20-/m0/s1. The Bertz CT molecular complexity index is 877. The molecule has 28 heavy (non-hydrogen) atoms. The molecule has 3 aromatic rings. The molecular weight excluding hydrogens is 371 g/mol. The Morgan fingerprint density at radius 2 is 1.71 bits per heavy atom. The van der Waals surface area contributed by atoms with Gasteiger partial charge in [0, 0.05) is 11.7 Å². The van der Waals surface area contributed by atoms with Crippen LogP contribution in [0.1, 0.15) is 48.5 Å². The molecule has 2 atom stereocenters. The average molecular weight is 400 g/mol. The summed E-state index contributed by atoms with van der Waals surface area (Å²) in [6.45, 7) is 5.05. The van der Waals surface area contributed by atoms with Gasteiger partial charge in [-0.25, -0.2) is 4.39 Å². The molecule has 0 saturated heterocycles. The molecule has 0 bridgehead atoms. The lowest BCUT2D eigenvalue weighted by Gasteiger charge is -2.21. The minimum Gasteiger partial charge on any atom is -0.331 e. The summed E-state index contributed by atoms with van der Waals surface area (Å²) in [6, 6.07) is 17.4. The predicted octanol–water partition coefficient (Wildman–Crippen LogP) is 3.91. The Morgan fingerprint density at radius 1 is 1.04 bits per heavy atom. The summed E-state index contributed by atoms with van der Waals surface area (Å²) < 4.78 is 15.5. The van der Waals surface area contributed by atoms with Gasteiger partial charge in [0.05, 0.1) is 20.6 Å². The first-order valence-electron chi connectivity index (χ1n) is 9.68. The van der Waals surface area contributed by atoms with Gasteiger partial charge < -0.3 is 4.90 Å². The zero-order chi connectivity index (χ0) is 20.1. The third kappa shape index (κ3) is 4.80. The van der Waals surface area contributed by atoms with Crippen molar-refractivity contribution < 1.29 is 9.29 Å². The fourth-order valence-electron chi connectivity index (χ4n) is 3.37. The zero-order valence-electron chi connectivity index (χ0n) is 16.9. The van der Waals surface area contributed by atoms with E-state index >= 15 is 0 Å². The van der Waals surface area contributed by atoms with Crippen LogP contribution in [0.25, 0.3) is 0 Å². The Labute approximate surface area is 170 Å². The van der Waals surface area contributed by atoms with Crippen LogP contribution in [0, 0.1) is 5.82 Å². The molecule has 1 heterocycles. The van der Waals surface area contributed by atoms with Gasteiger partial charge in [-0.15, -0.1) is 10.2 Å². The predicted molar refractivity (Wildman–Crippen MR) is 112 cm³/mol. The molecular formula is C22H28FN4S+. The minimum absolute atomic E-state index is 0.152. The van der Waals surface area contributed by atoms with Crippen molar-refractivity contribution in [3.05, 3.63) is 77.4 Å². The number of nitrogens with zero attached hydrogens (tertiary/aromatic N) is 3. The van der Waals surface area contributed by atoms with Crippen LogP contribution < -0.4 is 4.90 Å². The Hall–Kier alpha value is -2.18. The highest BCUT2D eigenvalue weighted by atomic mass is 32.2. The van der Waals surface area contributed by atoms with E-state index in [-0.39, 0.29) is 17.1 Å². The number of benzene rings is 2. The molecule has 0 aliphatic heterocycles. The number of nitrogens with one attached hydrogen (secondary N) is 1. The second-order valence-corrected chi connectivity index (χ2v) is 8.57. The highest BCUT2D eigenvalue weighted by Crippen LogP contribution is 2.35. The van der Waals surface area contributed by atoms with Gasteiger partial charge in [0.2, 0.25) is 0 Å². The number of hydrogen-bond donors (Lipinski definition) is 1. The van der Waals surface area contributed by atoms with Gasteiger partial charge in [-0.05, 0) is 30.2 Å². The number of rotatable bonds is 8. The maximum Gasteiger partial charge on any atom is 0.192 e. The van der Waals surface area contributed by atoms with E-state index in [2.05, 4.69) is 67.0 Å². The molecule has 0 aliphatic carbocycles. The van der Waals surface area contributed by atoms with Crippen LogP contribution in [0.4, 0.5) is 4.39 Å². The first-order chi connectivity index (χ1) is 13.5. The van der Waals surface area contributed by atoms with Gasteiger partial charge in [0.1, 0.15) is 11.9 Å². The molecule has 2 aromatic carbocycles. The SMILES string of the molecule is CC[C@@H](c1nnc(S[C@@H](C)c2ccc(F)cc2)n1Cc1ccccc1)[NH+](C)C. The summed E-state index contributed by atoms with van der Waals surface area (Å²) in [7, 11) is 4.31. The average Bonchev–Trinajstić information content (AvgIpc) is 3.05. The molecule has 6 heteroatoms. The van der Waals surface area contributed by atoms with Gasteiger partial charge in [-0.1, -0.05) is 61.2 Å². The monoisotopic (exact) mass is 399 g/mol. The van der Waals surface area contributed by atoms with E-state index in [9.17, 15) is 4.39 Å². The molecule has 4 nitrogen and oxygen atoms in total. The number of aromatic nitrogens is 3. The Morgan fingerprint density at radius 3 is 2.32 bits per heavy atom. The van der Waals surface area contributed by atoms with Crippen molar-refractivity contribution in [1.82, 2.24) is 14.8 Å². The number of quaternary nitrogens is 1. The second kappa shape index (κ2) is 9.34. The summed E-state index contributed by atoms with van der Waals surface area (Å²) >= 11 is 1.67. The maximum absolute atomic E-state index is 13.3. The van der Waals surface area contributed by atoms with E-state index < -0.39 is 0 Å². The van der Waals surface area contributed by atoms with Gasteiger partial charge in [-0.3, -0.25) is 4.57 Å². The van der Waals surface area contributed by atoms with Gasteiger partial charge in [0.25, 0.3) is 0 Å². The summed E-state index contributed by atoms with van der Waals surface area (Å²) in [5.41, 5.74) is 2.30. The first kappa shape index (κ1) is 20.6. The lowest BCUT2D eigenvalue weighted by Crippen LogP contribution is -3.06. The summed E-state index contributed by atoms with van der Waals surface area (Å²) in [5, 5.41) is 10.2. The topological polar surface area (TPSA) is 35.1 Å². The number of hydrogen-bond acceptors (Lipinski definition) is 3. The molecule has 0 radical (unpaired) electrons. The molecule has 0 spiro atoms. The molecule has 148 valence electrons. The largest absolute Gasteiger partial charge is 0.331 e. The van der Waals surface area contributed by atoms with Crippen molar-refractivity contribution in [3.8, 4) is 0 Å². The van der Waals surface area contributed by atoms with E-state index in [4.69, 9.17) is 0 Å². The normalized spacial score (nSPS) is 13.6. The molecule has 1 N–H and O–H groups in total. The van der Waals surface area contributed by atoms with Crippen molar-refractivity contribution in [2.45, 2.75) is 43.3 Å². The molecule has 0 amide bonds. The van der Waals surface area contributed by atoms with Crippen LogP contribution in [0.3, 0.4) is 0 Å². The number of halogens is 1. The van der Waals surface area contributed by atoms with Crippen molar-refractivity contribution in [2.24, 2.45) is 0 Å². The maximum atomic E-state index is 13.3. The summed E-state index contributed by atoms with van der Waals surface area (Å²) in [6.07, 6.45) is 0.993. The van der Waals surface area contributed by atoms with Crippen molar-refractivity contribution in [1.29, 1.82) is 0 Å². The summed E-state index contributed by atoms with van der Waals surface area (Å²) in [4.78, 5) is 1.34. The molecule has 0 aliphatic rings. The number of thioether (sulfide) groups is 1. The van der Waals surface area contributed by atoms with Crippen LogP contribution in [0.2, 0.25) is 0 Å². The van der Waals surface area contributed by atoms with E-state index in [1.807, 2.05) is 18.2 Å². The Balaban J connectivity index is 1.93. The zero-order valence-corrected chi connectivity index (χ0v) is 17.7. The molecule has 0 saturated carbocycles. The third-order valence-electron chi connectivity index (χ3n) is 4.97. The van der Waals surface area contributed by atoms with Crippen LogP contribution >= 0.6 is 11.8 Å². The van der Waals surface area contributed by atoms with Crippen molar-refractivity contribution in [3.63, 3.8) is 0 Å². The van der Waals surface area contributed by atoms with Gasteiger partial charge >= 0.3 is 0 Å². The molecule has 3 rings (SSSR count).